The number of anilines is 6. The van der Waals surface area contributed by atoms with Crippen LogP contribution in [0.2, 0.25) is 0 Å². The second-order valence-electron chi connectivity index (χ2n) is 12.0. The smallest absolute Gasteiger partial charge is 0.411 e. The SMILES string of the molecule is CCCCOC(=O)Nc1ccc(C)c(NC(=O)Nc2ccc(S(=O)(=O)c3ccc(NC(=O)Nc4cc(NC(=O)OCCCC)ccc4C)cc3)cc2)c1. The number of ether oxygens (including phenoxy) is 2. The van der Waals surface area contributed by atoms with Gasteiger partial charge in [-0.25, -0.2) is 27.6 Å². The number of nitrogens with one attached hydrogen (secondary N) is 6. The summed E-state index contributed by atoms with van der Waals surface area (Å²) in [6, 6.07) is 20.3. The first-order valence-corrected chi connectivity index (χ1v) is 18.6. The fraction of sp³-hybridized carbons (Fsp3) is 0.263. The summed E-state index contributed by atoms with van der Waals surface area (Å²) >= 11 is 0. The summed E-state index contributed by atoms with van der Waals surface area (Å²) in [7, 11) is -3.93. The van der Waals surface area contributed by atoms with E-state index in [2.05, 4.69) is 31.9 Å². The predicted octanol–water partition coefficient (Wildman–Crippen LogP) is 9.12. The number of carbonyl (C=O) groups excluding carboxylic acids is 4. The number of aryl methyl sites for hydroxylation is 2. The number of benzene rings is 4. The standard InChI is InChI=1S/C38H44N6O8S/c1-5-7-21-51-37(47)41-29-11-9-25(3)33(23-29)43-35(45)39-27-13-17-31(18-14-27)53(49,50)32-19-15-28(16-20-32)40-36(46)44-34-24-30(12-10-26(34)4)42-38(48)52-22-8-6-2/h9-20,23-24H,5-8,21-22H2,1-4H3,(H,41,47)(H,42,48)(H2,39,43,45)(H2,40,44,46). The molecule has 0 heterocycles. The first-order valence-electron chi connectivity index (χ1n) is 17.1. The lowest BCUT2D eigenvalue weighted by Gasteiger charge is -2.13. The fourth-order valence-corrected chi connectivity index (χ4v) is 6.00. The molecule has 0 unspecified atom stereocenters. The maximum absolute atomic E-state index is 13.3. The van der Waals surface area contributed by atoms with Crippen molar-refractivity contribution in [2.45, 2.75) is 63.2 Å². The zero-order valence-electron chi connectivity index (χ0n) is 30.0. The molecule has 4 aromatic rings. The first-order chi connectivity index (χ1) is 25.4. The number of sulfone groups is 1. The number of hydrogen-bond acceptors (Lipinski definition) is 8. The van der Waals surface area contributed by atoms with Crippen LogP contribution in [0.5, 0.6) is 0 Å². The summed E-state index contributed by atoms with van der Waals surface area (Å²) in [5, 5.41) is 16.1. The van der Waals surface area contributed by atoms with E-state index < -0.39 is 34.1 Å². The number of hydrogen-bond donors (Lipinski definition) is 6. The third-order valence-electron chi connectivity index (χ3n) is 7.77. The zero-order chi connectivity index (χ0) is 38.4. The second kappa shape index (κ2) is 18.9. The average molecular weight is 745 g/mol. The first kappa shape index (κ1) is 39.7. The lowest BCUT2D eigenvalue weighted by Crippen LogP contribution is -2.20. The number of unbranched alkanes of at least 4 members (excludes halogenated alkanes) is 2. The Morgan fingerprint density at radius 2 is 0.868 bits per heavy atom. The van der Waals surface area contributed by atoms with Crippen molar-refractivity contribution in [1.82, 2.24) is 0 Å². The van der Waals surface area contributed by atoms with Gasteiger partial charge in [-0.05, 0) is 111 Å². The third-order valence-corrected chi connectivity index (χ3v) is 9.56. The molecule has 0 aromatic heterocycles. The van der Waals surface area contributed by atoms with Crippen LogP contribution in [-0.4, -0.2) is 45.9 Å². The molecule has 53 heavy (non-hydrogen) atoms. The monoisotopic (exact) mass is 744 g/mol. The molecule has 14 nitrogen and oxygen atoms in total. The molecule has 0 radical (unpaired) electrons. The van der Waals surface area contributed by atoms with Crippen molar-refractivity contribution in [2.75, 3.05) is 45.1 Å². The minimum Gasteiger partial charge on any atom is -0.449 e. The number of urea groups is 2. The van der Waals surface area contributed by atoms with Gasteiger partial charge in [-0.3, -0.25) is 10.6 Å². The van der Waals surface area contributed by atoms with Crippen molar-refractivity contribution in [1.29, 1.82) is 0 Å². The van der Waals surface area contributed by atoms with Crippen LogP contribution in [0, 0.1) is 13.8 Å². The van der Waals surface area contributed by atoms with Gasteiger partial charge in [0.2, 0.25) is 9.84 Å². The summed E-state index contributed by atoms with van der Waals surface area (Å²) in [4.78, 5) is 49.5. The largest absolute Gasteiger partial charge is 0.449 e. The maximum atomic E-state index is 13.3. The Kier molecular flexibility index (Phi) is 14.2. The molecule has 0 spiro atoms. The Bertz CT molecular complexity index is 1880. The van der Waals surface area contributed by atoms with Gasteiger partial charge in [-0.2, -0.15) is 0 Å². The third kappa shape index (κ3) is 12.0. The average Bonchev–Trinajstić information content (AvgIpc) is 3.12. The van der Waals surface area contributed by atoms with Crippen LogP contribution in [0.3, 0.4) is 0 Å². The Labute approximate surface area is 309 Å². The van der Waals surface area contributed by atoms with Gasteiger partial charge in [-0.15, -0.1) is 0 Å². The van der Waals surface area contributed by atoms with Crippen LogP contribution in [0.15, 0.2) is 94.7 Å². The molecule has 4 aromatic carbocycles. The molecule has 0 aliphatic rings. The quantitative estimate of drug-likeness (QED) is 0.0688. The molecular formula is C38H44N6O8S. The molecule has 0 saturated carbocycles. The molecule has 0 fully saturated rings. The van der Waals surface area contributed by atoms with Crippen molar-refractivity contribution < 1.29 is 37.1 Å². The summed E-state index contributed by atoms with van der Waals surface area (Å²) in [5.74, 6) is 0. The van der Waals surface area contributed by atoms with Crippen molar-refractivity contribution >= 4 is 68.2 Å². The van der Waals surface area contributed by atoms with E-state index in [1.807, 2.05) is 13.8 Å². The van der Waals surface area contributed by atoms with Crippen molar-refractivity contribution in [3.8, 4) is 0 Å². The summed E-state index contributed by atoms with van der Waals surface area (Å²) < 4.78 is 36.9. The Morgan fingerprint density at radius 3 is 1.23 bits per heavy atom. The minimum absolute atomic E-state index is 0.000523. The van der Waals surface area contributed by atoms with E-state index in [0.29, 0.717) is 47.3 Å². The Balaban J connectivity index is 1.32. The summed E-state index contributed by atoms with van der Waals surface area (Å²) in [6.45, 7) is 8.20. The fourth-order valence-electron chi connectivity index (χ4n) is 4.74. The molecule has 15 heteroatoms. The van der Waals surface area contributed by atoms with Crippen LogP contribution in [-0.2, 0) is 19.3 Å². The maximum Gasteiger partial charge on any atom is 0.411 e. The highest BCUT2D eigenvalue weighted by atomic mass is 32.2. The summed E-state index contributed by atoms with van der Waals surface area (Å²) in [5.41, 5.74) is 4.02. The van der Waals surface area contributed by atoms with Crippen LogP contribution in [0.4, 0.5) is 53.3 Å². The molecule has 0 atom stereocenters. The lowest BCUT2D eigenvalue weighted by molar-refractivity contribution is 0.159. The van der Waals surface area contributed by atoms with Gasteiger partial charge >= 0.3 is 24.2 Å². The van der Waals surface area contributed by atoms with E-state index in [9.17, 15) is 27.6 Å². The van der Waals surface area contributed by atoms with E-state index in [4.69, 9.17) is 9.47 Å². The topological polar surface area (TPSA) is 193 Å². The van der Waals surface area contributed by atoms with E-state index in [0.717, 1.165) is 36.8 Å². The Morgan fingerprint density at radius 1 is 0.509 bits per heavy atom. The minimum atomic E-state index is -3.93. The van der Waals surface area contributed by atoms with Gasteiger partial charge in [-0.1, -0.05) is 38.8 Å². The normalized spacial score (nSPS) is 10.8. The van der Waals surface area contributed by atoms with E-state index in [-0.39, 0.29) is 9.79 Å². The highest BCUT2D eigenvalue weighted by Crippen LogP contribution is 2.26. The molecule has 0 aliphatic heterocycles. The molecule has 0 bridgehead atoms. The van der Waals surface area contributed by atoms with Gasteiger partial charge in [0.05, 0.1) is 23.0 Å². The van der Waals surface area contributed by atoms with Crippen LogP contribution in [0.25, 0.3) is 0 Å². The van der Waals surface area contributed by atoms with E-state index in [1.54, 1.807) is 50.2 Å². The van der Waals surface area contributed by atoms with Gasteiger partial charge < -0.3 is 30.7 Å². The van der Waals surface area contributed by atoms with E-state index in [1.165, 1.54) is 48.5 Å². The number of carbonyl (C=O) groups is 4. The molecule has 6 N–H and O–H groups in total. The molecule has 0 saturated heterocycles. The van der Waals surface area contributed by atoms with Crippen LogP contribution >= 0.6 is 0 Å². The predicted molar refractivity (Wildman–Crippen MR) is 206 cm³/mol. The van der Waals surface area contributed by atoms with E-state index >= 15 is 0 Å². The zero-order valence-corrected chi connectivity index (χ0v) is 30.8. The van der Waals surface area contributed by atoms with Crippen molar-refractivity contribution in [3.05, 3.63) is 96.1 Å². The molecule has 0 aliphatic carbocycles. The van der Waals surface area contributed by atoms with Gasteiger partial charge in [0, 0.05) is 34.1 Å². The molecule has 4 rings (SSSR count). The number of rotatable bonds is 14. The second-order valence-corrected chi connectivity index (χ2v) is 13.9. The van der Waals surface area contributed by atoms with Crippen molar-refractivity contribution in [2.24, 2.45) is 0 Å². The van der Waals surface area contributed by atoms with Crippen LogP contribution in [0.1, 0.15) is 50.7 Å². The summed E-state index contributed by atoms with van der Waals surface area (Å²) in [6.07, 6.45) is 2.13. The molecular weight excluding hydrogens is 701 g/mol. The lowest BCUT2D eigenvalue weighted by atomic mass is 10.2. The highest BCUT2D eigenvalue weighted by Gasteiger charge is 2.18. The van der Waals surface area contributed by atoms with Crippen molar-refractivity contribution in [3.63, 3.8) is 0 Å². The number of amides is 6. The van der Waals surface area contributed by atoms with Gasteiger partial charge in [0.15, 0.2) is 0 Å². The molecule has 6 amide bonds. The van der Waals surface area contributed by atoms with Gasteiger partial charge in [0.25, 0.3) is 0 Å². The Hall–Kier alpha value is -6.09. The van der Waals surface area contributed by atoms with Crippen LogP contribution < -0.4 is 31.9 Å². The molecule has 280 valence electrons. The van der Waals surface area contributed by atoms with Gasteiger partial charge in [0.1, 0.15) is 0 Å². The highest BCUT2D eigenvalue weighted by molar-refractivity contribution is 7.91.